The first-order valence-electron chi connectivity index (χ1n) is 7.97. The van der Waals surface area contributed by atoms with Crippen molar-refractivity contribution < 1.29 is 9.53 Å². The molecule has 0 aliphatic rings. The van der Waals surface area contributed by atoms with Crippen LogP contribution in [0.2, 0.25) is 0 Å². The summed E-state index contributed by atoms with van der Waals surface area (Å²) in [6, 6.07) is 15.1. The second-order valence-electron chi connectivity index (χ2n) is 5.61. The van der Waals surface area contributed by atoms with E-state index in [1.165, 1.54) is 5.56 Å². The maximum absolute atomic E-state index is 12.0. The van der Waals surface area contributed by atoms with E-state index in [9.17, 15) is 4.79 Å². The molecule has 3 N–H and O–H groups in total. The lowest BCUT2D eigenvalue weighted by Gasteiger charge is -2.09. The molecule has 2 amide bonds. The third kappa shape index (κ3) is 4.84. The van der Waals surface area contributed by atoms with Crippen LogP contribution in [0.4, 0.5) is 10.5 Å². The third-order valence-corrected chi connectivity index (χ3v) is 3.75. The number of nitrogens with zero attached hydrogens (tertiary/aromatic N) is 1. The minimum Gasteiger partial charge on any atom is -0.497 e. The maximum Gasteiger partial charge on any atom is 0.319 e. The van der Waals surface area contributed by atoms with Crippen molar-refractivity contribution in [2.45, 2.75) is 13.0 Å². The molecule has 0 bridgehead atoms. The normalized spacial score (nSPS) is 10.3. The third-order valence-electron chi connectivity index (χ3n) is 3.75. The minimum atomic E-state index is -0.255. The SMILES string of the molecule is COc1cccc(NC(=O)NCc2ccc(Cc3cnc[nH]3)cc2)c1. The van der Waals surface area contributed by atoms with Gasteiger partial charge in [0.1, 0.15) is 5.75 Å². The summed E-state index contributed by atoms with van der Waals surface area (Å²) in [5.41, 5.74) is 3.98. The fourth-order valence-electron chi connectivity index (χ4n) is 2.43. The van der Waals surface area contributed by atoms with Crippen LogP contribution in [0.25, 0.3) is 0 Å². The van der Waals surface area contributed by atoms with Crippen LogP contribution < -0.4 is 15.4 Å². The van der Waals surface area contributed by atoms with Gasteiger partial charge in [-0.2, -0.15) is 0 Å². The van der Waals surface area contributed by atoms with Crippen LogP contribution in [0.15, 0.2) is 61.1 Å². The zero-order chi connectivity index (χ0) is 17.5. The van der Waals surface area contributed by atoms with Crippen molar-refractivity contribution in [3.8, 4) is 5.75 Å². The zero-order valence-corrected chi connectivity index (χ0v) is 14.0. The van der Waals surface area contributed by atoms with Gasteiger partial charge in [0.05, 0.1) is 13.4 Å². The molecule has 128 valence electrons. The van der Waals surface area contributed by atoms with Crippen molar-refractivity contribution in [1.29, 1.82) is 0 Å². The second-order valence-corrected chi connectivity index (χ2v) is 5.61. The Balaban J connectivity index is 1.49. The Morgan fingerprint density at radius 1 is 1.16 bits per heavy atom. The van der Waals surface area contributed by atoms with Crippen LogP contribution >= 0.6 is 0 Å². The monoisotopic (exact) mass is 336 g/mol. The predicted octanol–water partition coefficient (Wildman–Crippen LogP) is 3.33. The lowest BCUT2D eigenvalue weighted by molar-refractivity contribution is 0.251. The molecule has 0 fully saturated rings. The average Bonchev–Trinajstić information content (AvgIpc) is 3.14. The quantitative estimate of drug-likeness (QED) is 0.646. The summed E-state index contributed by atoms with van der Waals surface area (Å²) < 4.78 is 5.14. The number of methoxy groups -OCH3 is 1. The van der Waals surface area contributed by atoms with E-state index in [0.29, 0.717) is 18.0 Å². The van der Waals surface area contributed by atoms with E-state index in [0.717, 1.165) is 17.7 Å². The Bertz CT molecular complexity index is 814. The van der Waals surface area contributed by atoms with Crippen LogP contribution in [-0.4, -0.2) is 23.1 Å². The number of nitrogens with one attached hydrogen (secondary N) is 3. The van der Waals surface area contributed by atoms with Crippen molar-refractivity contribution in [1.82, 2.24) is 15.3 Å². The molecule has 0 aliphatic carbocycles. The highest BCUT2D eigenvalue weighted by molar-refractivity contribution is 5.89. The van der Waals surface area contributed by atoms with E-state index in [2.05, 4.69) is 32.7 Å². The van der Waals surface area contributed by atoms with E-state index < -0.39 is 0 Å². The number of imidazole rings is 1. The molecule has 0 saturated heterocycles. The highest BCUT2D eigenvalue weighted by atomic mass is 16.5. The number of hydrogen-bond donors (Lipinski definition) is 3. The van der Waals surface area contributed by atoms with E-state index in [1.807, 2.05) is 36.5 Å². The Labute approximate surface area is 146 Å². The Morgan fingerprint density at radius 3 is 2.68 bits per heavy atom. The first kappa shape index (κ1) is 16.6. The smallest absolute Gasteiger partial charge is 0.319 e. The number of amides is 2. The van der Waals surface area contributed by atoms with Crippen molar-refractivity contribution in [3.63, 3.8) is 0 Å². The standard InChI is InChI=1S/C19H20N4O2/c1-25-18-4-2-3-16(10-18)23-19(24)21-11-15-7-5-14(6-8-15)9-17-12-20-13-22-17/h2-8,10,12-13H,9,11H2,1H3,(H,20,22)(H2,21,23,24). The molecule has 1 heterocycles. The second kappa shape index (κ2) is 8.01. The molecular formula is C19H20N4O2. The highest BCUT2D eigenvalue weighted by Gasteiger charge is 2.03. The molecule has 6 heteroatoms. The lowest BCUT2D eigenvalue weighted by Crippen LogP contribution is -2.28. The van der Waals surface area contributed by atoms with Gasteiger partial charge >= 0.3 is 6.03 Å². The number of carbonyl (C=O) groups is 1. The maximum atomic E-state index is 12.0. The average molecular weight is 336 g/mol. The fourth-order valence-corrected chi connectivity index (χ4v) is 2.43. The minimum absolute atomic E-state index is 0.255. The fraction of sp³-hybridized carbons (Fsp3) is 0.158. The van der Waals surface area contributed by atoms with Gasteiger partial charge in [0.15, 0.2) is 0 Å². The summed E-state index contributed by atoms with van der Waals surface area (Å²) in [5, 5.41) is 5.63. The van der Waals surface area contributed by atoms with Gasteiger partial charge in [-0.15, -0.1) is 0 Å². The predicted molar refractivity (Wildman–Crippen MR) is 96.7 cm³/mol. The first-order valence-corrected chi connectivity index (χ1v) is 7.97. The largest absolute Gasteiger partial charge is 0.497 e. The van der Waals surface area contributed by atoms with E-state index >= 15 is 0 Å². The molecular weight excluding hydrogens is 316 g/mol. The molecule has 25 heavy (non-hydrogen) atoms. The molecule has 6 nitrogen and oxygen atoms in total. The lowest BCUT2D eigenvalue weighted by atomic mass is 10.1. The van der Waals surface area contributed by atoms with Crippen molar-refractivity contribution >= 4 is 11.7 Å². The van der Waals surface area contributed by atoms with Crippen LogP contribution in [0.5, 0.6) is 5.75 Å². The van der Waals surface area contributed by atoms with Crippen molar-refractivity contribution in [3.05, 3.63) is 77.9 Å². The van der Waals surface area contributed by atoms with Crippen LogP contribution in [0.1, 0.15) is 16.8 Å². The van der Waals surface area contributed by atoms with E-state index in [-0.39, 0.29) is 6.03 Å². The van der Waals surface area contributed by atoms with Gasteiger partial charge in [0, 0.05) is 36.6 Å². The van der Waals surface area contributed by atoms with Crippen LogP contribution in [-0.2, 0) is 13.0 Å². The molecule has 3 rings (SSSR count). The molecule has 0 unspecified atom stereocenters. The summed E-state index contributed by atoms with van der Waals surface area (Å²) in [6.07, 6.45) is 4.30. The number of hydrogen-bond acceptors (Lipinski definition) is 3. The number of aromatic amines is 1. The number of anilines is 1. The summed E-state index contributed by atoms with van der Waals surface area (Å²) >= 11 is 0. The number of urea groups is 1. The molecule has 2 aromatic carbocycles. The molecule has 0 spiro atoms. The molecule has 0 radical (unpaired) electrons. The topological polar surface area (TPSA) is 79.0 Å². The van der Waals surface area contributed by atoms with Gasteiger partial charge in [-0.1, -0.05) is 30.3 Å². The van der Waals surface area contributed by atoms with Crippen molar-refractivity contribution in [2.24, 2.45) is 0 Å². The molecule has 3 aromatic rings. The van der Waals surface area contributed by atoms with Crippen LogP contribution in [0, 0.1) is 0 Å². The van der Waals surface area contributed by atoms with Gasteiger partial charge in [-0.25, -0.2) is 9.78 Å². The molecule has 0 aliphatic heterocycles. The van der Waals surface area contributed by atoms with Crippen molar-refractivity contribution in [2.75, 3.05) is 12.4 Å². The molecule has 0 atom stereocenters. The zero-order valence-electron chi connectivity index (χ0n) is 14.0. The molecule has 0 saturated carbocycles. The van der Waals surface area contributed by atoms with Gasteiger partial charge in [-0.05, 0) is 23.3 Å². The van der Waals surface area contributed by atoms with E-state index in [1.54, 1.807) is 19.5 Å². The Kier molecular flexibility index (Phi) is 5.31. The van der Waals surface area contributed by atoms with Crippen LogP contribution in [0.3, 0.4) is 0 Å². The number of ether oxygens (including phenoxy) is 1. The van der Waals surface area contributed by atoms with Gasteiger partial charge in [-0.3, -0.25) is 0 Å². The summed E-state index contributed by atoms with van der Waals surface area (Å²) in [5.74, 6) is 0.700. The highest BCUT2D eigenvalue weighted by Crippen LogP contribution is 2.16. The first-order chi connectivity index (χ1) is 12.2. The summed E-state index contributed by atoms with van der Waals surface area (Å²) in [4.78, 5) is 19.1. The summed E-state index contributed by atoms with van der Waals surface area (Å²) in [6.45, 7) is 0.458. The summed E-state index contributed by atoms with van der Waals surface area (Å²) in [7, 11) is 1.59. The number of rotatable bonds is 6. The number of aromatic nitrogens is 2. The molecule has 1 aromatic heterocycles. The Hall–Kier alpha value is -3.28. The van der Waals surface area contributed by atoms with Gasteiger partial charge in [0.2, 0.25) is 0 Å². The van der Waals surface area contributed by atoms with E-state index in [4.69, 9.17) is 4.74 Å². The Morgan fingerprint density at radius 2 is 1.96 bits per heavy atom. The van der Waals surface area contributed by atoms with Gasteiger partial charge < -0.3 is 20.4 Å². The number of benzene rings is 2. The number of carbonyl (C=O) groups excluding carboxylic acids is 1. The number of H-pyrrole nitrogens is 1. The van der Waals surface area contributed by atoms with Gasteiger partial charge in [0.25, 0.3) is 0 Å².